The van der Waals surface area contributed by atoms with Crippen LogP contribution in [-0.4, -0.2) is 25.0 Å². The number of carbonyl (C=O) groups excluding carboxylic acids is 2. The Morgan fingerprint density at radius 3 is 2.61 bits per heavy atom. The van der Waals surface area contributed by atoms with Crippen molar-refractivity contribution in [3.05, 3.63) is 70.1 Å². The van der Waals surface area contributed by atoms with Crippen LogP contribution in [0, 0.1) is 0 Å². The highest BCUT2D eigenvalue weighted by Gasteiger charge is 2.15. The molecule has 0 aliphatic heterocycles. The van der Waals surface area contributed by atoms with E-state index in [0.29, 0.717) is 17.7 Å². The maximum atomic E-state index is 12.2. The van der Waals surface area contributed by atoms with Gasteiger partial charge in [-0.3, -0.25) is 4.79 Å². The van der Waals surface area contributed by atoms with Crippen molar-refractivity contribution >= 4 is 22.8 Å². The van der Waals surface area contributed by atoms with Gasteiger partial charge in [-0.2, -0.15) is 0 Å². The SMILES string of the molecule is CCCNC(=O)c1cc2ccc(OC(=O)COc3ccccc3C(C)C)cc2oc1=O. The number of benzene rings is 2. The Morgan fingerprint density at radius 2 is 1.87 bits per heavy atom. The number of rotatable bonds is 8. The fourth-order valence-electron chi connectivity index (χ4n) is 3.03. The molecule has 0 atom stereocenters. The molecular formula is C24H25NO6. The van der Waals surface area contributed by atoms with E-state index in [1.54, 1.807) is 12.1 Å². The molecule has 1 N–H and O–H groups in total. The third-order valence-corrected chi connectivity index (χ3v) is 4.61. The molecule has 2 aromatic carbocycles. The smallest absolute Gasteiger partial charge is 0.349 e. The van der Waals surface area contributed by atoms with Gasteiger partial charge in [-0.25, -0.2) is 9.59 Å². The lowest BCUT2D eigenvalue weighted by Gasteiger charge is -2.13. The molecule has 0 radical (unpaired) electrons. The maximum absolute atomic E-state index is 12.2. The van der Waals surface area contributed by atoms with Crippen molar-refractivity contribution in [1.82, 2.24) is 5.32 Å². The maximum Gasteiger partial charge on any atom is 0.349 e. The van der Waals surface area contributed by atoms with Crippen LogP contribution in [0.2, 0.25) is 0 Å². The molecule has 7 heteroatoms. The van der Waals surface area contributed by atoms with Crippen LogP contribution >= 0.6 is 0 Å². The standard InChI is InChI=1S/C24H25NO6/c1-4-11-25-23(27)19-12-16-9-10-17(13-21(16)31-24(19)28)30-22(26)14-29-20-8-6-5-7-18(20)15(2)3/h5-10,12-13,15H,4,11,14H2,1-3H3,(H,25,27). The van der Waals surface area contributed by atoms with Crippen molar-refractivity contribution in [2.24, 2.45) is 0 Å². The van der Waals surface area contributed by atoms with Crippen molar-refractivity contribution < 1.29 is 23.5 Å². The molecule has 0 bridgehead atoms. The Bertz CT molecular complexity index is 1150. The average Bonchev–Trinajstić information content (AvgIpc) is 2.75. The van der Waals surface area contributed by atoms with Crippen LogP contribution in [0.4, 0.5) is 0 Å². The summed E-state index contributed by atoms with van der Waals surface area (Å²) in [5.74, 6) is 0.0321. The monoisotopic (exact) mass is 423 g/mol. The third-order valence-electron chi connectivity index (χ3n) is 4.61. The zero-order valence-corrected chi connectivity index (χ0v) is 17.8. The first-order valence-electron chi connectivity index (χ1n) is 10.2. The van der Waals surface area contributed by atoms with Crippen LogP contribution in [0.25, 0.3) is 11.0 Å². The van der Waals surface area contributed by atoms with Crippen molar-refractivity contribution in [3.8, 4) is 11.5 Å². The first-order chi connectivity index (χ1) is 14.9. The molecule has 1 amide bonds. The summed E-state index contributed by atoms with van der Waals surface area (Å²) in [5, 5.41) is 3.19. The van der Waals surface area contributed by atoms with Crippen LogP contribution in [0.3, 0.4) is 0 Å². The molecule has 0 aliphatic rings. The molecule has 0 aliphatic carbocycles. The highest BCUT2D eigenvalue weighted by molar-refractivity contribution is 5.96. The number of para-hydroxylation sites is 1. The number of ether oxygens (including phenoxy) is 2. The Morgan fingerprint density at radius 1 is 1.10 bits per heavy atom. The Kier molecular flexibility index (Phi) is 7.07. The molecule has 3 rings (SSSR count). The molecule has 162 valence electrons. The summed E-state index contributed by atoms with van der Waals surface area (Å²) >= 11 is 0. The number of nitrogens with one attached hydrogen (secondary N) is 1. The van der Waals surface area contributed by atoms with E-state index in [1.807, 2.05) is 45.0 Å². The van der Waals surface area contributed by atoms with Gasteiger partial charge in [0.1, 0.15) is 22.6 Å². The predicted octanol–water partition coefficient (Wildman–Crippen LogP) is 4.04. The molecule has 0 saturated carbocycles. The van der Waals surface area contributed by atoms with Crippen LogP contribution in [0.5, 0.6) is 11.5 Å². The number of amides is 1. The summed E-state index contributed by atoms with van der Waals surface area (Å²) in [6.45, 7) is 6.21. The van der Waals surface area contributed by atoms with Crippen LogP contribution in [0.1, 0.15) is 49.0 Å². The van der Waals surface area contributed by atoms with E-state index in [4.69, 9.17) is 13.9 Å². The van der Waals surface area contributed by atoms with Crippen LogP contribution in [0.15, 0.2) is 57.7 Å². The zero-order chi connectivity index (χ0) is 22.4. The molecule has 1 aromatic heterocycles. The fourth-order valence-corrected chi connectivity index (χ4v) is 3.03. The second-order valence-corrected chi connectivity index (χ2v) is 7.36. The topological polar surface area (TPSA) is 94.8 Å². The van der Waals surface area contributed by atoms with E-state index in [2.05, 4.69) is 5.32 Å². The van der Waals surface area contributed by atoms with Gasteiger partial charge in [0, 0.05) is 18.0 Å². The van der Waals surface area contributed by atoms with Gasteiger partial charge in [0.05, 0.1) is 0 Å². The van der Waals surface area contributed by atoms with Gasteiger partial charge < -0.3 is 19.2 Å². The minimum atomic E-state index is -0.752. The van der Waals surface area contributed by atoms with Gasteiger partial charge >= 0.3 is 11.6 Å². The third kappa shape index (κ3) is 5.51. The predicted molar refractivity (Wildman–Crippen MR) is 117 cm³/mol. The summed E-state index contributed by atoms with van der Waals surface area (Å²) in [6.07, 6.45) is 0.756. The first-order valence-corrected chi connectivity index (χ1v) is 10.2. The average molecular weight is 423 g/mol. The second-order valence-electron chi connectivity index (χ2n) is 7.36. The van der Waals surface area contributed by atoms with Gasteiger partial charge in [0.2, 0.25) is 0 Å². The Hall–Kier alpha value is -3.61. The highest BCUT2D eigenvalue weighted by Crippen LogP contribution is 2.26. The minimum Gasteiger partial charge on any atom is -0.482 e. The van der Waals surface area contributed by atoms with Crippen molar-refractivity contribution in [2.75, 3.05) is 13.2 Å². The molecule has 0 unspecified atom stereocenters. The number of hydrogen-bond donors (Lipinski definition) is 1. The molecule has 0 saturated heterocycles. The molecule has 0 spiro atoms. The minimum absolute atomic E-state index is 0.0667. The second kappa shape index (κ2) is 9.93. The summed E-state index contributed by atoms with van der Waals surface area (Å²) in [6, 6.07) is 13.6. The van der Waals surface area contributed by atoms with Crippen LogP contribution < -0.4 is 20.4 Å². The molecule has 1 heterocycles. The molecule has 3 aromatic rings. The largest absolute Gasteiger partial charge is 0.482 e. The number of fused-ring (bicyclic) bond motifs is 1. The summed E-state index contributed by atoms with van der Waals surface area (Å²) in [5.41, 5.74) is 0.399. The quantitative estimate of drug-likeness (QED) is 0.334. The first kappa shape index (κ1) is 22.1. The van der Waals surface area contributed by atoms with E-state index >= 15 is 0 Å². The lowest BCUT2D eigenvalue weighted by Crippen LogP contribution is -2.28. The van der Waals surface area contributed by atoms with Gasteiger partial charge in [-0.15, -0.1) is 0 Å². The zero-order valence-electron chi connectivity index (χ0n) is 17.8. The van der Waals surface area contributed by atoms with Gasteiger partial charge in [-0.1, -0.05) is 39.0 Å². The van der Waals surface area contributed by atoms with Crippen molar-refractivity contribution in [2.45, 2.75) is 33.1 Å². The van der Waals surface area contributed by atoms with Crippen molar-refractivity contribution in [1.29, 1.82) is 0 Å². The lowest BCUT2D eigenvalue weighted by atomic mass is 10.0. The number of hydrogen-bond acceptors (Lipinski definition) is 6. The number of esters is 1. The molecular weight excluding hydrogens is 398 g/mol. The molecule has 7 nitrogen and oxygen atoms in total. The molecule has 31 heavy (non-hydrogen) atoms. The Balaban J connectivity index is 1.70. The van der Waals surface area contributed by atoms with Crippen LogP contribution in [-0.2, 0) is 4.79 Å². The van der Waals surface area contributed by atoms with Gasteiger partial charge in [-0.05, 0) is 42.2 Å². The summed E-state index contributed by atoms with van der Waals surface area (Å²) in [7, 11) is 0. The number of carbonyl (C=O) groups is 2. The summed E-state index contributed by atoms with van der Waals surface area (Å²) in [4.78, 5) is 36.5. The van der Waals surface area contributed by atoms with Crippen molar-refractivity contribution in [3.63, 3.8) is 0 Å². The van der Waals surface area contributed by atoms with E-state index < -0.39 is 17.5 Å². The summed E-state index contributed by atoms with van der Waals surface area (Å²) < 4.78 is 16.2. The lowest BCUT2D eigenvalue weighted by molar-refractivity contribution is -0.136. The van der Waals surface area contributed by atoms with Gasteiger partial charge in [0.15, 0.2) is 6.61 Å². The van der Waals surface area contributed by atoms with E-state index in [0.717, 1.165) is 12.0 Å². The highest BCUT2D eigenvalue weighted by atomic mass is 16.6. The van der Waals surface area contributed by atoms with E-state index in [1.165, 1.54) is 12.1 Å². The van der Waals surface area contributed by atoms with E-state index in [9.17, 15) is 14.4 Å². The van der Waals surface area contributed by atoms with E-state index in [-0.39, 0.29) is 29.4 Å². The van der Waals surface area contributed by atoms with Gasteiger partial charge in [0.25, 0.3) is 5.91 Å². The normalized spacial score (nSPS) is 10.8. The Labute approximate surface area is 180 Å². The molecule has 0 fully saturated rings. The fraction of sp³-hybridized carbons (Fsp3) is 0.292.